The first-order valence-electron chi connectivity index (χ1n) is 9.94. The maximum Gasteiger partial charge on any atom is 0.103 e. The summed E-state index contributed by atoms with van der Waals surface area (Å²) in [5.74, 6) is 2.48. The Labute approximate surface area is 139 Å². The van der Waals surface area contributed by atoms with Gasteiger partial charge in [-0.25, -0.2) is 0 Å². The van der Waals surface area contributed by atoms with Gasteiger partial charge >= 0.3 is 0 Å². The van der Waals surface area contributed by atoms with Crippen molar-refractivity contribution in [3.05, 3.63) is 0 Å². The molecule has 0 amide bonds. The normalized spacial score (nSPS) is 68.7. The van der Waals surface area contributed by atoms with Crippen LogP contribution in [0, 0.1) is 28.6 Å². The highest BCUT2D eigenvalue weighted by Crippen LogP contribution is 2.75. The van der Waals surface area contributed by atoms with Crippen molar-refractivity contribution in [2.24, 2.45) is 28.6 Å². The molecular weight excluding hydrogens is 288 g/mol. The van der Waals surface area contributed by atoms with E-state index in [9.17, 15) is 5.11 Å². The van der Waals surface area contributed by atoms with Gasteiger partial charge in [-0.3, -0.25) is 0 Å². The molecule has 128 valence electrons. The van der Waals surface area contributed by atoms with Gasteiger partial charge in [-0.1, -0.05) is 13.8 Å². The third kappa shape index (κ3) is 1.39. The van der Waals surface area contributed by atoms with E-state index >= 15 is 0 Å². The van der Waals surface area contributed by atoms with E-state index in [0.717, 1.165) is 43.6 Å². The summed E-state index contributed by atoms with van der Waals surface area (Å²) >= 11 is 0. The Balaban J connectivity index is 1.39. The molecule has 4 aliphatic carbocycles. The minimum absolute atomic E-state index is 0.0337. The first kappa shape index (κ1) is 14.1. The van der Waals surface area contributed by atoms with Crippen LogP contribution in [0.25, 0.3) is 0 Å². The molecule has 6 fully saturated rings. The van der Waals surface area contributed by atoms with Crippen molar-refractivity contribution in [1.82, 2.24) is 0 Å². The summed E-state index contributed by atoms with van der Waals surface area (Å²) in [6, 6.07) is 0. The van der Waals surface area contributed by atoms with Gasteiger partial charge in [0, 0.05) is 17.3 Å². The van der Waals surface area contributed by atoms with Crippen LogP contribution in [-0.2, 0) is 9.47 Å². The van der Waals surface area contributed by atoms with Crippen LogP contribution in [0.5, 0.6) is 0 Å². The number of rotatable bonds is 0. The van der Waals surface area contributed by atoms with Crippen molar-refractivity contribution in [1.29, 1.82) is 0 Å². The third-order valence-corrected chi connectivity index (χ3v) is 9.84. The van der Waals surface area contributed by atoms with Crippen molar-refractivity contribution < 1.29 is 14.6 Å². The highest BCUT2D eigenvalue weighted by Gasteiger charge is 2.78. The van der Waals surface area contributed by atoms with Crippen molar-refractivity contribution in [3.8, 4) is 0 Å². The average Bonchev–Trinajstić information content (AvgIpc) is 3.38. The van der Waals surface area contributed by atoms with Crippen molar-refractivity contribution in [2.45, 2.75) is 88.6 Å². The first-order valence-corrected chi connectivity index (χ1v) is 9.94. The second-order valence-electron chi connectivity index (χ2n) is 10.2. The topological polar surface area (TPSA) is 45.3 Å². The molecule has 4 saturated carbocycles. The predicted octanol–water partition coefficient (Wildman–Crippen LogP) is 3.29. The molecule has 2 heterocycles. The fraction of sp³-hybridized carbons (Fsp3) is 1.00. The van der Waals surface area contributed by atoms with Crippen LogP contribution in [0.3, 0.4) is 0 Å². The molecule has 2 aliphatic heterocycles. The highest BCUT2D eigenvalue weighted by atomic mass is 16.6. The fourth-order valence-electron chi connectivity index (χ4n) is 8.31. The smallest absolute Gasteiger partial charge is 0.103 e. The molecular formula is C20H30O3. The number of hydrogen-bond acceptors (Lipinski definition) is 3. The second-order valence-corrected chi connectivity index (χ2v) is 10.2. The molecule has 0 bridgehead atoms. The molecule has 2 spiro atoms. The van der Waals surface area contributed by atoms with Gasteiger partial charge in [0.15, 0.2) is 0 Å². The van der Waals surface area contributed by atoms with E-state index in [2.05, 4.69) is 13.8 Å². The lowest BCUT2D eigenvalue weighted by Crippen LogP contribution is -2.59. The van der Waals surface area contributed by atoms with Gasteiger partial charge in [-0.2, -0.15) is 0 Å². The molecule has 6 aliphatic rings. The first-order chi connectivity index (χ1) is 10.9. The van der Waals surface area contributed by atoms with E-state index in [4.69, 9.17) is 9.47 Å². The molecule has 0 unspecified atom stereocenters. The number of ether oxygens (including phenoxy) is 2. The quantitative estimate of drug-likeness (QED) is 0.697. The Morgan fingerprint density at radius 1 is 0.957 bits per heavy atom. The molecule has 0 aromatic rings. The van der Waals surface area contributed by atoms with Crippen LogP contribution < -0.4 is 0 Å². The van der Waals surface area contributed by atoms with Gasteiger partial charge in [0.05, 0.1) is 24.4 Å². The summed E-state index contributed by atoms with van der Waals surface area (Å²) in [6.45, 7) is 6.07. The van der Waals surface area contributed by atoms with E-state index < -0.39 is 0 Å². The Kier molecular flexibility index (Phi) is 2.35. The summed E-state index contributed by atoms with van der Waals surface area (Å²) < 4.78 is 12.4. The largest absolute Gasteiger partial charge is 0.393 e. The molecule has 0 aromatic carbocycles. The summed E-state index contributed by atoms with van der Waals surface area (Å²) in [6.07, 6.45) is 9.96. The third-order valence-electron chi connectivity index (χ3n) is 9.84. The maximum absolute atomic E-state index is 10.2. The summed E-state index contributed by atoms with van der Waals surface area (Å²) in [5, 5.41) is 10.2. The van der Waals surface area contributed by atoms with Gasteiger partial charge in [0.1, 0.15) is 5.60 Å². The monoisotopic (exact) mass is 318 g/mol. The van der Waals surface area contributed by atoms with Crippen LogP contribution in [0.2, 0.25) is 0 Å². The van der Waals surface area contributed by atoms with Gasteiger partial charge in [0.2, 0.25) is 0 Å². The van der Waals surface area contributed by atoms with E-state index in [1.807, 2.05) is 0 Å². The minimum atomic E-state index is -0.131. The molecule has 1 N–H and O–H groups in total. The van der Waals surface area contributed by atoms with Gasteiger partial charge in [0.25, 0.3) is 0 Å². The number of aliphatic hydroxyl groups is 1. The van der Waals surface area contributed by atoms with E-state index in [1.165, 1.54) is 32.1 Å². The van der Waals surface area contributed by atoms with Gasteiger partial charge in [-0.15, -0.1) is 0 Å². The zero-order valence-corrected chi connectivity index (χ0v) is 14.5. The van der Waals surface area contributed by atoms with Crippen LogP contribution in [-0.4, -0.2) is 35.1 Å². The molecule has 2 saturated heterocycles. The van der Waals surface area contributed by atoms with Crippen LogP contribution in [0.1, 0.15) is 65.2 Å². The number of hydrogen-bond donors (Lipinski definition) is 1. The number of epoxide rings is 2. The van der Waals surface area contributed by atoms with Gasteiger partial charge < -0.3 is 14.6 Å². The Morgan fingerprint density at radius 2 is 1.65 bits per heavy atom. The Bertz CT molecular complexity index is 571. The van der Waals surface area contributed by atoms with Crippen LogP contribution >= 0.6 is 0 Å². The lowest BCUT2D eigenvalue weighted by molar-refractivity contribution is -0.115. The summed E-state index contributed by atoms with van der Waals surface area (Å²) in [5.41, 5.74) is 1.02. The van der Waals surface area contributed by atoms with Crippen LogP contribution in [0.4, 0.5) is 0 Å². The van der Waals surface area contributed by atoms with Gasteiger partial charge in [-0.05, 0) is 62.7 Å². The average molecular weight is 318 g/mol. The van der Waals surface area contributed by atoms with Crippen molar-refractivity contribution >= 4 is 0 Å². The van der Waals surface area contributed by atoms with Crippen LogP contribution in [0.15, 0.2) is 0 Å². The Hall–Kier alpha value is -0.120. The molecule has 0 radical (unpaired) electrons. The van der Waals surface area contributed by atoms with Crippen molar-refractivity contribution in [2.75, 3.05) is 6.61 Å². The lowest BCUT2D eigenvalue weighted by atomic mass is 9.44. The van der Waals surface area contributed by atoms with E-state index in [-0.39, 0.29) is 17.3 Å². The fourth-order valence-corrected chi connectivity index (χ4v) is 8.31. The van der Waals surface area contributed by atoms with E-state index in [1.54, 1.807) is 0 Å². The molecule has 6 rings (SSSR count). The molecule has 3 nitrogen and oxygen atoms in total. The number of aliphatic hydroxyl groups excluding tert-OH is 1. The zero-order chi connectivity index (χ0) is 15.7. The predicted molar refractivity (Wildman–Crippen MR) is 85.9 cm³/mol. The SMILES string of the molecule is C[C@]12CC[C@H]3[C@@H](C[C@@H]4O[C@]45C[C@H](O)CC[C@]35C)[C@@H]1CC[C@@]21CO1. The summed E-state index contributed by atoms with van der Waals surface area (Å²) in [7, 11) is 0. The molecule has 9 atom stereocenters. The number of fused-ring (bicyclic) bond motifs is 5. The lowest BCUT2D eigenvalue weighted by Gasteiger charge is -2.59. The molecule has 3 heteroatoms. The molecule has 0 aromatic heterocycles. The molecule has 23 heavy (non-hydrogen) atoms. The second kappa shape index (κ2) is 3.83. The van der Waals surface area contributed by atoms with E-state index in [0.29, 0.717) is 16.9 Å². The Morgan fingerprint density at radius 3 is 2.43 bits per heavy atom. The standard InChI is InChI=1S/C20H30O3/c1-17-7-4-15-13(14(17)5-8-19(17)11-22-19)9-16-20(23-16)10-12(21)3-6-18(15,20)2/h12-16,21H,3-11H2,1-2H3/t12-,13+,14+,15+,16+,17+,18-,19-,20-/m1/s1. The summed E-state index contributed by atoms with van der Waals surface area (Å²) in [4.78, 5) is 0. The maximum atomic E-state index is 10.2. The zero-order valence-electron chi connectivity index (χ0n) is 14.5. The minimum Gasteiger partial charge on any atom is -0.393 e. The highest BCUT2D eigenvalue weighted by molar-refractivity contribution is 5.26. The van der Waals surface area contributed by atoms with Crippen molar-refractivity contribution in [3.63, 3.8) is 0 Å².